The van der Waals surface area contributed by atoms with E-state index in [4.69, 9.17) is 19.2 Å². The molecule has 3 aromatic rings. The molecule has 0 radical (unpaired) electrons. The number of methoxy groups -OCH3 is 1. The molecule has 9 heteroatoms. The van der Waals surface area contributed by atoms with Gasteiger partial charge in [0, 0.05) is 26.2 Å². The van der Waals surface area contributed by atoms with Crippen molar-refractivity contribution in [2.75, 3.05) is 58.0 Å². The van der Waals surface area contributed by atoms with Gasteiger partial charge in [-0.1, -0.05) is 29.5 Å². The lowest BCUT2D eigenvalue weighted by atomic mass is 10.2. The number of hydrogen-bond donors (Lipinski definition) is 0. The molecule has 1 saturated heterocycles. The minimum absolute atomic E-state index is 0. The van der Waals surface area contributed by atoms with E-state index < -0.39 is 0 Å². The first-order valence-electron chi connectivity index (χ1n) is 11.3. The molecular formula is C25H32ClN3O4S. The first-order valence-corrected chi connectivity index (χ1v) is 12.1. The van der Waals surface area contributed by atoms with E-state index in [1.807, 2.05) is 43.3 Å². The van der Waals surface area contributed by atoms with Crippen molar-refractivity contribution in [3.05, 3.63) is 47.5 Å². The van der Waals surface area contributed by atoms with Crippen LogP contribution in [0.2, 0.25) is 0 Å². The summed E-state index contributed by atoms with van der Waals surface area (Å²) in [4.78, 5) is 22.3. The maximum absolute atomic E-state index is 13.3. The van der Waals surface area contributed by atoms with Crippen molar-refractivity contribution in [2.45, 2.75) is 20.3 Å². The topological polar surface area (TPSA) is 64.1 Å². The van der Waals surface area contributed by atoms with Gasteiger partial charge >= 0.3 is 0 Å². The third-order valence-electron chi connectivity index (χ3n) is 5.76. The minimum atomic E-state index is -0.103. The van der Waals surface area contributed by atoms with Crippen LogP contribution in [0.3, 0.4) is 0 Å². The summed E-state index contributed by atoms with van der Waals surface area (Å²) in [7, 11) is 1.64. The van der Waals surface area contributed by atoms with Crippen LogP contribution >= 0.6 is 23.7 Å². The van der Waals surface area contributed by atoms with Crippen LogP contribution in [0.5, 0.6) is 11.5 Å². The van der Waals surface area contributed by atoms with E-state index in [1.54, 1.807) is 12.0 Å². The summed E-state index contributed by atoms with van der Waals surface area (Å²) in [5, 5.41) is 0.678. The van der Waals surface area contributed by atoms with Crippen LogP contribution < -0.4 is 14.4 Å². The van der Waals surface area contributed by atoms with Gasteiger partial charge in [-0.25, -0.2) is 4.98 Å². The third kappa shape index (κ3) is 6.39. The molecule has 0 N–H and O–H groups in total. The Kier molecular flexibility index (Phi) is 9.53. The van der Waals surface area contributed by atoms with Gasteiger partial charge in [0.2, 0.25) is 0 Å². The van der Waals surface area contributed by atoms with E-state index in [-0.39, 0.29) is 24.9 Å². The van der Waals surface area contributed by atoms with Crippen LogP contribution in [0.15, 0.2) is 36.4 Å². The Labute approximate surface area is 211 Å². The van der Waals surface area contributed by atoms with Gasteiger partial charge < -0.3 is 14.2 Å². The second kappa shape index (κ2) is 12.4. The number of nitrogens with zero attached hydrogens (tertiary/aromatic N) is 3. The van der Waals surface area contributed by atoms with Crippen molar-refractivity contribution >= 4 is 45.0 Å². The summed E-state index contributed by atoms with van der Waals surface area (Å²) in [5.41, 5.74) is 3.01. The molecule has 1 amide bonds. The summed E-state index contributed by atoms with van der Waals surface area (Å²) in [6.07, 6.45) is 0.849. The van der Waals surface area contributed by atoms with E-state index in [1.165, 1.54) is 11.3 Å². The molecule has 4 rings (SSSR count). The number of carbonyl (C=O) groups excluding carboxylic acids is 1. The van der Waals surface area contributed by atoms with Gasteiger partial charge in [-0.05, 0) is 49.6 Å². The van der Waals surface area contributed by atoms with E-state index in [2.05, 4.69) is 11.8 Å². The zero-order valence-corrected chi connectivity index (χ0v) is 21.5. The number of ether oxygens (including phenoxy) is 3. The molecule has 34 heavy (non-hydrogen) atoms. The number of carbonyl (C=O) groups is 1. The normalized spacial score (nSPS) is 14.0. The molecule has 0 bridgehead atoms. The molecule has 0 unspecified atom stereocenters. The second-order valence-electron chi connectivity index (χ2n) is 8.22. The van der Waals surface area contributed by atoms with Crippen molar-refractivity contribution in [3.63, 3.8) is 0 Å². The van der Waals surface area contributed by atoms with E-state index in [0.717, 1.165) is 66.4 Å². The second-order valence-corrected chi connectivity index (χ2v) is 9.19. The Bertz CT molecular complexity index is 1100. The van der Waals surface area contributed by atoms with Gasteiger partial charge in [0.25, 0.3) is 5.91 Å². The number of morpholine rings is 1. The van der Waals surface area contributed by atoms with Crippen LogP contribution in [0, 0.1) is 13.8 Å². The molecule has 1 fully saturated rings. The van der Waals surface area contributed by atoms with Gasteiger partial charge in [0.15, 0.2) is 11.7 Å². The Morgan fingerprint density at radius 1 is 1.21 bits per heavy atom. The summed E-state index contributed by atoms with van der Waals surface area (Å²) in [5.74, 6) is 1.31. The lowest BCUT2D eigenvalue weighted by molar-refractivity contribution is -0.120. The fourth-order valence-electron chi connectivity index (χ4n) is 3.91. The number of amides is 1. The first-order chi connectivity index (χ1) is 16.0. The number of halogens is 1. The highest BCUT2D eigenvalue weighted by molar-refractivity contribution is 7.22. The lowest BCUT2D eigenvalue weighted by Gasteiger charge is -2.27. The molecule has 2 aromatic carbocycles. The maximum Gasteiger partial charge on any atom is 0.266 e. The van der Waals surface area contributed by atoms with Crippen molar-refractivity contribution < 1.29 is 19.0 Å². The molecule has 0 spiro atoms. The van der Waals surface area contributed by atoms with Crippen LogP contribution in [0.1, 0.15) is 17.5 Å². The average Bonchev–Trinajstić information content (AvgIpc) is 3.27. The average molecular weight is 506 g/mol. The zero-order chi connectivity index (χ0) is 23.2. The molecule has 0 saturated carbocycles. The van der Waals surface area contributed by atoms with E-state index in [9.17, 15) is 4.79 Å². The molecule has 0 atom stereocenters. The fourth-order valence-corrected chi connectivity index (χ4v) is 5.01. The molecule has 184 valence electrons. The number of aryl methyl sites for hydroxylation is 2. The number of thiazole rings is 1. The molecule has 1 aliphatic heterocycles. The number of aromatic nitrogens is 1. The quantitative estimate of drug-likeness (QED) is 0.427. The Hall–Kier alpha value is -2.39. The number of fused-ring (bicyclic) bond motifs is 1. The molecule has 1 aromatic heterocycles. The molecule has 1 aliphatic rings. The van der Waals surface area contributed by atoms with Crippen LogP contribution in [0.25, 0.3) is 10.2 Å². The lowest BCUT2D eigenvalue weighted by Crippen LogP contribution is -2.40. The first kappa shape index (κ1) is 26.2. The molecule has 0 aliphatic carbocycles. The van der Waals surface area contributed by atoms with Crippen LogP contribution in [-0.2, 0) is 9.53 Å². The van der Waals surface area contributed by atoms with E-state index in [0.29, 0.717) is 17.4 Å². The Morgan fingerprint density at radius 2 is 2.00 bits per heavy atom. The summed E-state index contributed by atoms with van der Waals surface area (Å²) in [6, 6.07) is 11.7. The zero-order valence-electron chi connectivity index (χ0n) is 19.9. The smallest absolute Gasteiger partial charge is 0.266 e. The fraction of sp³-hybridized carbons (Fsp3) is 0.440. The summed E-state index contributed by atoms with van der Waals surface area (Å²) in [6.45, 7) is 8.91. The molecule has 2 heterocycles. The van der Waals surface area contributed by atoms with Crippen molar-refractivity contribution in [1.29, 1.82) is 0 Å². The van der Waals surface area contributed by atoms with Crippen molar-refractivity contribution in [1.82, 2.24) is 9.88 Å². The highest BCUT2D eigenvalue weighted by Gasteiger charge is 2.22. The monoisotopic (exact) mass is 505 g/mol. The largest absolute Gasteiger partial charge is 0.494 e. The summed E-state index contributed by atoms with van der Waals surface area (Å²) < 4.78 is 17.8. The van der Waals surface area contributed by atoms with Gasteiger partial charge in [-0.15, -0.1) is 12.4 Å². The highest BCUT2D eigenvalue weighted by atomic mass is 35.5. The maximum atomic E-state index is 13.3. The predicted molar refractivity (Wildman–Crippen MR) is 139 cm³/mol. The van der Waals surface area contributed by atoms with Gasteiger partial charge in [-0.2, -0.15) is 0 Å². The van der Waals surface area contributed by atoms with Crippen molar-refractivity contribution in [2.24, 2.45) is 0 Å². The van der Waals surface area contributed by atoms with E-state index >= 15 is 0 Å². The number of rotatable bonds is 9. The SMILES string of the molecule is COc1ccc(C)c2sc(N(CCCN3CCOCC3)C(=O)COc3cccc(C)c3)nc12.Cl. The highest BCUT2D eigenvalue weighted by Crippen LogP contribution is 2.36. The van der Waals surface area contributed by atoms with Gasteiger partial charge in [0.05, 0.1) is 25.0 Å². The summed E-state index contributed by atoms with van der Waals surface area (Å²) >= 11 is 1.52. The third-order valence-corrected chi connectivity index (χ3v) is 6.97. The van der Waals surface area contributed by atoms with Crippen LogP contribution in [-0.4, -0.2) is 68.9 Å². The standard InChI is InChI=1S/C25H31N3O4S.ClH/c1-18-6-4-7-20(16-18)32-17-22(29)28(11-5-10-27-12-14-31-15-13-27)25-26-23-21(30-3)9-8-19(2)24(23)33-25;/h4,6-9,16H,5,10-15,17H2,1-3H3;1H. The van der Waals surface area contributed by atoms with Gasteiger partial charge in [0.1, 0.15) is 17.0 Å². The molecule has 7 nitrogen and oxygen atoms in total. The minimum Gasteiger partial charge on any atom is -0.494 e. The van der Waals surface area contributed by atoms with Crippen LogP contribution in [0.4, 0.5) is 5.13 Å². The number of benzene rings is 2. The van der Waals surface area contributed by atoms with Gasteiger partial charge in [-0.3, -0.25) is 14.6 Å². The Morgan fingerprint density at radius 3 is 2.74 bits per heavy atom. The number of hydrogen-bond acceptors (Lipinski definition) is 7. The predicted octanol–water partition coefficient (Wildman–Crippen LogP) is 4.48. The molecular weight excluding hydrogens is 474 g/mol. The van der Waals surface area contributed by atoms with Crippen molar-refractivity contribution in [3.8, 4) is 11.5 Å². The number of anilines is 1. The Balaban J connectivity index is 0.00000324.